The zero-order chi connectivity index (χ0) is 22.3. The second-order valence-corrected chi connectivity index (χ2v) is 7.70. The van der Waals surface area contributed by atoms with Crippen LogP contribution >= 0.6 is 11.3 Å². The molecule has 0 unspecified atom stereocenters. The number of fused-ring (bicyclic) bond motifs is 1. The first kappa shape index (κ1) is 20.6. The Hall–Kier alpha value is -3.66. The summed E-state index contributed by atoms with van der Waals surface area (Å²) in [6.07, 6.45) is 0. The lowest BCUT2D eigenvalue weighted by Gasteiger charge is -2.13. The Bertz CT molecular complexity index is 1440. The van der Waals surface area contributed by atoms with Crippen LogP contribution in [-0.2, 0) is 11.3 Å². The van der Waals surface area contributed by atoms with Crippen LogP contribution in [0, 0.1) is 24.4 Å². The molecule has 0 aliphatic heterocycles. The van der Waals surface area contributed by atoms with Crippen LogP contribution in [0.5, 0.6) is 0 Å². The number of halogens is 3. The Morgan fingerprint density at radius 2 is 1.74 bits per heavy atom. The molecule has 1 N–H and O–H groups in total. The van der Waals surface area contributed by atoms with E-state index < -0.39 is 41.2 Å². The molecule has 2 heterocycles. The zero-order valence-corrected chi connectivity index (χ0v) is 16.8. The van der Waals surface area contributed by atoms with Gasteiger partial charge in [-0.05, 0) is 48.2 Å². The number of thiophene rings is 1. The molecule has 0 fully saturated rings. The summed E-state index contributed by atoms with van der Waals surface area (Å²) in [5, 5.41) is 4.05. The van der Waals surface area contributed by atoms with E-state index in [0.717, 1.165) is 34.1 Å². The van der Waals surface area contributed by atoms with Gasteiger partial charge >= 0.3 is 5.69 Å². The molecule has 2 aromatic carbocycles. The van der Waals surface area contributed by atoms with E-state index in [0.29, 0.717) is 16.2 Å². The number of nitrogens with zero attached hydrogens (tertiary/aromatic N) is 2. The molecule has 1 amide bonds. The number of hydrogen-bond acceptors (Lipinski definition) is 4. The fraction of sp³-hybridized carbons (Fsp3) is 0.0952. The topological polar surface area (TPSA) is 73.1 Å². The van der Waals surface area contributed by atoms with Gasteiger partial charge in [0.15, 0.2) is 0 Å². The number of anilines is 1. The van der Waals surface area contributed by atoms with Crippen LogP contribution < -0.4 is 16.6 Å². The minimum atomic E-state index is -0.960. The summed E-state index contributed by atoms with van der Waals surface area (Å²) in [6.45, 7) is 1.08. The van der Waals surface area contributed by atoms with E-state index in [1.165, 1.54) is 18.2 Å². The SMILES string of the molecule is Cc1ccc(NC(=O)Cn2c(=O)n(-c3cc(F)cc(F)c3)c(=O)c3sccc32)cc1F. The van der Waals surface area contributed by atoms with Crippen molar-refractivity contribution in [1.29, 1.82) is 0 Å². The van der Waals surface area contributed by atoms with Crippen molar-refractivity contribution in [2.75, 3.05) is 5.32 Å². The van der Waals surface area contributed by atoms with Gasteiger partial charge in [0.1, 0.15) is 28.7 Å². The highest BCUT2D eigenvalue weighted by atomic mass is 32.1. The Morgan fingerprint density at radius 1 is 1.03 bits per heavy atom. The summed E-state index contributed by atoms with van der Waals surface area (Å²) in [7, 11) is 0. The standard InChI is InChI=1S/C21H14F3N3O3S/c1-11-2-3-14(9-16(11)24)25-18(28)10-26-17-4-5-31-19(17)20(29)27(21(26)30)15-7-12(22)6-13(23)8-15/h2-9H,10H2,1H3,(H,25,28). The Labute approximate surface area is 176 Å². The van der Waals surface area contributed by atoms with E-state index in [2.05, 4.69) is 5.32 Å². The van der Waals surface area contributed by atoms with Gasteiger partial charge in [-0.2, -0.15) is 0 Å². The molecule has 0 radical (unpaired) electrons. The van der Waals surface area contributed by atoms with Gasteiger partial charge in [-0.1, -0.05) is 6.07 Å². The van der Waals surface area contributed by atoms with Crippen molar-refractivity contribution in [3.8, 4) is 5.69 Å². The lowest BCUT2D eigenvalue weighted by atomic mass is 10.2. The van der Waals surface area contributed by atoms with Crippen LogP contribution in [0.15, 0.2) is 57.4 Å². The number of aryl methyl sites for hydroxylation is 1. The number of nitrogens with one attached hydrogen (secondary N) is 1. The van der Waals surface area contributed by atoms with Gasteiger partial charge in [-0.15, -0.1) is 11.3 Å². The van der Waals surface area contributed by atoms with Crippen LogP contribution in [0.4, 0.5) is 18.9 Å². The van der Waals surface area contributed by atoms with Gasteiger partial charge in [0.2, 0.25) is 5.91 Å². The molecule has 0 aliphatic rings. The quantitative estimate of drug-likeness (QED) is 0.522. The largest absolute Gasteiger partial charge is 0.336 e. The van der Waals surface area contributed by atoms with Gasteiger partial charge in [-0.25, -0.2) is 22.5 Å². The number of hydrogen-bond donors (Lipinski definition) is 1. The molecular weight excluding hydrogens is 431 g/mol. The number of carbonyl (C=O) groups excluding carboxylic acids is 1. The normalized spacial score (nSPS) is 11.1. The number of rotatable bonds is 4. The molecule has 10 heteroatoms. The van der Waals surface area contributed by atoms with Crippen molar-refractivity contribution in [1.82, 2.24) is 9.13 Å². The van der Waals surface area contributed by atoms with Gasteiger partial charge < -0.3 is 5.32 Å². The van der Waals surface area contributed by atoms with Crippen molar-refractivity contribution in [3.05, 3.63) is 91.7 Å². The molecule has 4 rings (SSSR count). The molecular formula is C21H14F3N3O3S. The van der Waals surface area contributed by atoms with Gasteiger partial charge in [0, 0.05) is 11.8 Å². The first-order valence-electron chi connectivity index (χ1n) is 9.00. The zero-order valence-electron chi connectivity index (χ0n) is 16.0. The molecule has 0 saturated carbocycles. The summed E-state index contributed by atoms with van der Waals surface area (Å²) < 4.78 is 42.9. The minimum absolute atomic E-state index is 0.137. The van der Waals surface area contributed by atoms with Gasteiger partial charge in [0.05, 0.1) is 11.2 Å². The Balaban J connectivity index is 1.80. The maximum absolute atomic E-state index is 13.7. The molecule has 0 spiro atoms. The average Bonchev–Trinajstić information content (AvgIpc) is 3.17. The van der Waals surface area contributed by atoms with Crippen LogP contribution in [-0.4, -0.2) is 15.0 Å². The number of benzene rings is 2. The van der Waals surface area contributed by atoms with Gasteiger partial charge in [0.25, 0.3) is 5.56 Å². The summed E-state index contributed by atoms with van der Waals surface area (Å²) >= 11 is 1.03. The van der Waals surface area contributed by atoms with Crippen LogP contribution in [0.2, 0.25) is 0 Å². The molecule has 0 saturated heterocycles. The first-order valence-corrected chi connectivity index (χ1v) is 9.88. The number of amides is 1. The summed E-state index contributed by atoms with van der Waals surface area (Å²) in [4.78, 5) is 38.4. The third-order valence-electron chi connectivity index (χ3n) is 4.62. The third kappa shape index (κ3) is 3.89. The molecule has 158 valence electrons. The van der Waals surface area contributed by atoms with E-state index in [4.69, 9.17) is 0 Å². The summed E-state index contributed by atoms with van der Waals surface area (Å²) in [6, 6.07) is 7.97. The third-order valence-corrected chi connectivity index (χ3v) is 5.51. The molecule has 0 atom stereocenters. The highest BCUT2D eigenvalue weighted by Gasteiger charge is 2.18. The van der Waals surface area contributed by atoms with Crippen LogP contribution in [0.1, 0.15) is 5.56 Å². The number of aromatic nitrogens is 2. The predicted molar refractivity (Wildman–Crippen MR) is 111 cm³/mol. The highest BCUT2D eigenvalue weighted by Crippen LogP contribution is 2.18. The smallest absolute Gasteiger partial charge is 0.324 e. The van der Waals surface area contributed by atoms with Crippen molar-refractivity contribution >= 4 is 33.1 Å². The minimum Gasteiger partial charge on any atom is -0.324 e. The molecule has 0 bridgehead atoms. The molecule has 31 heavy (non-hydrogen) atoms. The van der Waals surface area contributed by atoms with Gasteiger partial charge in [-0.3, -0.25) is 14.2 Å². The second kappa shape index (κ2) is 7.88. The maximum atomic E-state index is 13.7. The Kier molecular flexibility index (Phi) is 5.24. The van der Waals surface area contributed by atoms with E-state index in [-0.39, 0.29) is 21.6 Å². The van der Waals surface area contributed by atoms with E-state index in [1.807, 2.05) is 0 Å². The Morgan fingerprint density at radius 3 is 2.42 bits per heavy atom. The fourth-order valence-corrected chi connectivity index (χ4v) is 3.97. The highest BCUT2D eigenvalue weighted by molar-refractivity contribution is 7.17. The number of carbonyl (C=O) groups is 1. The van der Waals surface area contributed by atoms with E-state index in [9.17, 15) is 27.6 Å². The molecule has 0 aliphatic carbocycles. The lowest BCUT2D eigenvalue weighted by molar-refractivity contribution is -0.116. The van der Waals surface area contributed by atoms with Crippen molar-refractivity contribution in [2.24, 2.45) is 0 Å². The summed E-state index contributed by atoms with van der Waals surface area (Å²) in [5.41, 5.74) is -1.17. The molecule has 6 nitrogen and oxygen atoms in total. The van der Waals surface area contributed by atoms with Crippen molar-refractivity contribution in [2.45, 2.75) is 13.5 Å². The molecule has 4 aromatic rings. The van der Waals surface area contributed by atoms with Crippen molar-refractivity contribution in [3.63, 3.8) is 0 Å². The van der Waals surface area contributed by atoms with Crippen LogP contribution in [0.25, 0.3) is 15.9 Å². The maximum Gasteiger partial charge on any atom is 0.336 e. The van der Waals surface area contributed by atoms with E-state index in [1.54, 1.807) is 12.3 Å². The molecule has 2 aromatic heterocycles. The second-order valence-electron chi connectivity index (χ2n) is 6.78. The predicted octanol–water partition coefficient (Wildman–Crippen LogP) is 3.58. The van der Waals surface area contributed by atoms with Crippen molar-refractivity contribution < 1.29 is 18.0 Å². The fourth-order valence-electron chi connectivity index (χ4n) is 3.15. The van der Waals surface area contributed by atoms with E-state index >= 15 is 0 Å². The monoisotopic (exact) mass is 445 g/mol. The van der Waals surface area contributed by atoms with Crippen LogP contribution in [0.3, 0.4) is 0 Å². The average molecular weight is 445 g/mol. The lowest BCUT2D eigenvalue weighted by Crippen LogP contribution is -2.40. The summed E-state index contributed by atoms with van der Waals surface area (Å²) in [5.74, 6) is -3.07. The first-order chi connectivity index (χ1) is 14.7.